The van der Waals surface area contributed by atoms with Crippen LogP contribution in [0.25, 0.3) is 22.4 Å². The maximum absolute atomic E-state index is 9.75. The van der Waals surface area contributed by atoms with E-state index in [-0.39, 0.29) is 5.75 Å². The Bertz CT molecular complexity index is 826. The van der Waals surface area contributed by atoms with E-state index in [0.29, 0.717) is 10.8 Å². The highest BCUT2D eigenvalue weighted by Crippen LogP contribution is 2.32. The van der Waals surface area contributed by atoms with Gasteiger partial charge in [0.2, 0.25) is 0 Å². The number of ether oxygens (including phenoxy) is 1. The predicted molar refractivity (Wildman–Crippen MR) is 88.2 cm³/mol. The highest BCUT2D eigenvalue weighted by Gasteiger charge is 2.06. The van der Waals surface area contributed by atoms with Crippen LogP contribution in [0.5, 0.6) is 11.5 Å². The van der Waals surface area contributed by atoms with Crippen molar-refractivity contribution in [3.05, 3.63) is 52.0 Å². The van der Waals surface area contributed by atoms with Gasteiger partial charge in [0.05, 0.1) is 17.3 Å². The highest BCUT2D eigenvalue weighted by atomic mass is 35.5. The fraction of sp³-hybridized carbons (Fsp3) is 0.0625. The lowest BCUT2D eigenvalue weighted by molar-refractivity contribution is 0.372. The molecule has 5 heteroatoms. The monoisotopic (exact) mass is 317 g/mol. The molecule has 2 aromatic carbocycles. The first-order valence-electron chi connectivity index (χ1n) is 6.27. The fourth-order valence-corrected chi connectivity index (χ4v) is 3.06. The Labute approximate surface area is 131 Å². The maximum atomic E-state index is 9.75. The third-order valence-electron chi connectivity index (χ3n) is 3.00. The quantitative estimate of drug-likeness (QED) is 0.752. The molecule has 0 unspecified atom stereocenters. The molecular formula is C16H12ClNO2S. The lowest BCUT2D eigenvalue weighted by Crippen LogP contribution is -1.86. The summed E-state index contributed by atoms with van der Waals surface area (Å²) in [5.74, 6) is 0.577. The van der Waals surface area contributed by atoms with Crippen LogP contribution in [0.2, 0.25) is 5.02 Å². The molecule has 3 nitrogen and oxygen atoms in total. The molecule has 1 heterocycles. The van der Waals surface area contributed by atoms with Gasteiger partial charge in [-0.25, -0.2) is 4.98 Å². The van der Waals surface area contributed by atoms with Gasteiger partial charge in [-0.3, -0.25) is 0 Å². The summed E-state index contributed by atoms with van der Waals surface area (Å²) in [7, 11) is 1.53. The van der Waals surface area contributed by atoms with Gasteiger partial charge in [-0.1, -0.05) is 23.7 Å². The Morgan fingerprint density at radius 3 is 2.90 bits per heavy atom. The number of phenolic OH excluding ortho intramolecular Hbond substituents is 1. The van der Waals surface area contributed by atoms with E-state index < -0.39 is 0 Å². The van der Waals surface area contributed by atoms with Gasteiger partial charge in [0.15, 0.2) is 11.5 Å². The molecule has 0 saturated carbocycles. The molecular weight excluding hydrogens is 306 g/mol. The number of benzene rings is 2. The third kappa shape index (κ3) is 2.86. The van der Waals surface area contributed by atoms with E-state index in [0.717, 1.165) is 20.8 Å². The van der Waals surface area contributed by atoms with Crippen LogP contribution >= 0.6 is 22.9 Å². The molecule has 0 aliphatic rings. The molecule has 0 radical (unpaired) electrons. The molecule has 1 aromatic heterocycles. The van der Waals surface area contributed by atoms with Gasteiger partial charge in [-0.05, 0) is 36.4 Å². The van der Waals surface area contributed by atoms with Crippen molar-refractivity contribution in [2.75, 3.05) is 7.11 Å². The predicted octanol–water partition coefficient (Wildman–Crippen LogP) is 4.83. The molecule has 0 fully saturated rings. The molecule has 0 amide bonds. The van der Waals surface area contributed by atoms with Crippen LogP contribution in [0.4, 0.5) is 0 Å². The van der Waals surface area contributed by atoms with Gasteiger partial charge in [-0.15, -0.1) is 11.3 Å². The number of phenols is 1. The van der Waals surface area contributed by atoms with Crippen LogP contribution in [0.15, 0.2) is 36.4 Å². The van der Waals surface area contributed by atoms with Crippen molar-refractivity contribution in [1.29, 1.82) is 0 Å². The van der Waals surface area contributed by atoms with Crippen molar-refractivity contribution in [2.24, 2.45) is 0 Å². The van der Waals surface area contributed by atoms with Gasteiger partial charge in [-0.2, -0.15) is 0 Å². The van der Waals surface area contributed by atoms with E-state index in [9.17, 15) is 5.11 Å². The summed E-state index contributed by atoms with van der Waals surface area (Å²) < 4.78 is 6.29. The van der Waals surface area contributed by atoms with Crippen LogP contribution in [0.1, 0.15) is 10.6 Å². The zero-order valence-electron chi connectivity index (χ0n) is 11.2. The van der Waals surface area contributed by atoms with E-state index in [1.165, 1.54) is 7.11 Å². The van der Waals surface area contributed by atoms with Crippen LogP contribution in [0, 0.1) is 0 Å². The number of hydrogen-bond donors (Lipinski definition) is 1. The van der Waals surface area contributed by atoms with Crippen molar-refractivity contribution in [3.63, 3.8) is 0 Å². The van der Waals surface area contributed by atoms with Gasteiger partial charge in [0.1, 0.15) is 5.01 Å². The normalized spacial score (nSPS) is 11.3. The third-order valence-corrected chi connectivity index (χ3v) is 4.24. The molecule has 3 rings (SSSR count). The lowest BCUT2D eigenvalue weighted by atomic mass is 10.1. The summed E-state index contributed by atoms with van der Waals surface area (Å²) in [5.41, 5.74) is 1.69. The number of para-hydroxylation sites is 1. The molecule has 0 spiro atoms. The first kappa shape index (κ1) is 13.9. The summed E-state index contributed by atoms with van der Waals surface area (Å²) in [6.07, 6.45) is 3.77. The average molecular weight is 318 g/mol. The molecule has 0 aliphatic carbocycles. The fourth-order valence-electron chi connectivity index (χ4n) is 2.05. The molecule has 106 valence electrons. The van der Waals surface area contributed by atoms with Crippen molar-refractivity contribution in [3.8, 4) is 11.5 Å². The Kier molecular flexibility index (Phi) is 3.82. The smallest absolute Gasteiger partial charge is 0.167 e. The zero-order valence-corrected chi connectivity index (χ0v) is 12.8. The van der Waals surface area contributed by atoms with E-state index >= 15 is 0 Å². The first-order chi connectivity index (χ1) is 10.2. The summed E-state index contributed by atoms with van der Waals surface area (Å²) >= 11 is 7.54. The lowest BCUT2D eigenvalue weighted by Gasteiger charge is -2.05. The number of fused-ring (bicyclic) bond motifs is 1. The van der Waals surface area contributed by atoms with E-state index in [1.807, 2.05) is 36.4 Å². The van der Waals surface area contributed by atoms with E-state index in [2.05, 4.69) is 4.98 Å². The number of halogens is 1. The van der Waals surface area contributed by atoms with Gasteiger partial charge < -0.3 is 9.84 Å². The van der Waals surface area contributed by atoms with E-state index in [1.54, 1.807) is 23.5 Å². The number of thiazole rings is 1. The number of hydrogen-bond acceptors (Lipinski definition) is 4. The molecule has 3 aromatic rings. The van der Waals surface area contributed by atoms with E-state index in [4.69, 9.17) is 16.3 Å². The van der Waals surface area contributed by atoms with Crippen molar-refractivity contribution in [2.45, 2.75) is 0 Å². The number of nitrogens with zero attached hydrogens (tertiary/aromatic N) is 1. The van der Waals surface area contributed by atoms with Crippen LogP contribution in [-0.4, -0.2) is 17.2 Å². The SMILES string of the molecule is COc1c(O)cccc1/C=C/c1nc2cc(Cl)ccc2s1. The Morgan fingerprint density at radius 1 is 1.24 bits per heavy atom. The minimum Gasteiger partial charge on any atom is -0.504 e. The molecule has 0 atom stereocenters. The molecule has 1 N–H and O–H groups in total. The molecule has 21 heavy (non-hydrogen) atoms. The summed E-state index contributed by atoms with van der Waals surface area (Å²) in [6.45, 7) is 0. The Morgan fingerprint density at radius 2 is 2.10 bits per heavy atom. The standard InChI is InChI=1S/C16H12ClNO2S/c1-20-16-10(3-2-4-13(16)19)5-8-15-18-12-9-11(17)6-7-14(12)21-15/h2-9,19H,1H3/b8-5+. The van der Waals surface area contributed by atoms with Crippen molar-refractivity contribution >= 4 is 45.3 Å². The second-order valence-corrected chi connectivity index (χ2v) is 5.90. The highest BCUT2D eigenvalue weighted by molar-refractivity contribution is 7.19. The number of rotatable bonds is 3. The minimum absolute atomic E-state index is 0.121. The molecule has 0 saturated heterocycles. The maximum Gasteiger partial charge on any atom is 0.167 e. The first-order valence-corrected chi connectivity index (χ1v) is 7.47. The Hall–Kier alpha value is -2.04. The topological polar surface area (TPSA) is 42.4 Å². The Balaban J connectivity index is 1.96. The largest absolute Gasteiger partial charge is 0.504 e. The number of aromatic hydroxyl groups is 1. The van der Waals surface area contributed by atoms with Gasteiger partial charge in [0, 0.05) is 10.6 Å². The van der Waals surface area contributed by atoms with Gasteiger partial charge in [0.25, 0.3) is 0 Å². The van der Waals surface area contributed by atoms with Crippen molar-refractivity contribution < 1.29 is 9.84 Å². The number of methoxy groups -OCH3 is 1. The van der Waals surface area contributed by atoms with Crippen LogP contribution in [0.3, 0.4) is 0 Å². The second-order valence-electron chi connectivity index (χ2n) is 4.40. The summed E-state index contributed by atoms with van der Waals surface area (Å²) in [5, 5.41) is 11.3. The minimum atomic E-state index is 0.121. The van der Waals surface area contributed by atoms with Crippen molar-refractivity contribution in [1.82, 2.24) is 4.98 Å². The van der Waals surface area contributed by atoms with Crippen LogP contribution in [-0.2, 0) is 0 Å². The molecule has 0 aliphatic heterocycles. The summed E-state index contributed by atoms with van der Waals surface area (Å²) in [4.78, 5) is 4.51. The average Bonchev–Trinajstić information content (AvgIpc) is 2.87. The summed E-state index contributed by atoms with van der Waals surface area (Å²) in [6, 6.07) is 10.9. The zero-order chi connectivity index (χ0) is 14.8. The van der Waals surface area contributed by atoms with Gasteiger partial charge >= 0.3 is 0 Å². The second kappa shape index (κ2) is 5.76. The van der Waals surface area contributed by atoms with Crippen LogP contribution < -0.4 is 4.74 Å². The number of aromatic nitrogens is 1. The molecule has 0 bridgehead atoms.